The number of nitrogens with two attached hydrogens (primary N) is 1. The van der Waals surface area contributed by atoms with Crippen molar-refractivity contribution < 1.29 is 13.9 Å². The summed E-state index contributed by atoms with van der Waals surface area (Å²) in [4.78, 5) is 0. The summed E-state index contributed by atoms with van der Waals surface area (Å²) in [6.07, 6.45) is 2.62. The van der Waals surface area contributed by atoms with Gasteiger partial charge in [-0.05, 0) is 31.0 Å². The van der Waals surface area contributed by atoms with Crippen molar-refractivity contribution >= 4 is 0 Å². The smallest absolute Gasteiger partial charge is 0.123 e. The number of methoxy groups -OCH3 is 1. The van der Waals surface area contributed by atoms with Gasteiger partial charge in [-0.1, -0.05) is 0 Å². The van der Waals surface area contributed by atoms with Crippen molar-refractivity contribution in [3.63, 3.8) is 0 Å². The Labute approximate surface area is 101 Å². The highest BCUT2D eigenvalue weighted by atomic mass is 19.1. The summed E-state index contributed by atoms with van der Waals surface area (Å²) in [5.41, 5.74) is 6.80. The van der Waals surface area contributed by atoms with E-state index in [2.05, 4.69) is 0 Å². The maximum atomic E-state index is 13.0. The Morgan fingerprint density at radius 1 is 1.59 bits per heavy atom. The van der Waals surface area contributed by atoms with E-state index in [1.165, 1.54) is 6.07 Å². The zero-order valence-corrected chi connectivity index (χ0v) is 9.99. The molecule has 0 fully saturated rings. The molecule has 0 saturated heterocycles. The second kappa shape index (κ2) is 5.47. The molecule has 0 bridgehead atoms. The van der Waals surface area contributed by atoms with E-state index in [4.69, 9.17) is 15.2 Å². The summed E-state index contributed by atoms with van der Waals surface area (Å²) in [5, 5.41) is 0. The molecule has 0 radical (unpaired) electrons. The molecule has 0 amide bonds. The molecule has 4 heteroatoms. The van der Waals surface area contributed by atoms with Gasteiger partial charge in [-0.2, -0.15) is 0 Å². The zero-order valence-electron chi connectivity index (χ0n) is 9.99. The Hall–Kier alpha value is -1.13. The number of hydrogen-bond acceptors (Lipinski definition) is 3. The molecule has 1 aliphatic rings. The normalized spacial score (nSPS) is 19.8. The van der Waals surface area contributed by atoms with Gasteiger partial charge in [-0.15, -0.1) is 0 Å². The highest BCUT2D eigenvalue weighted by Crippen LogP contribution is 2.30. The first-order valence-electron chi connectivity index (χ1n) is 5.88. The summed E-state index contributed by atoms with van der Waals surface area (Å²) in [6.45, 7) is 0.564. The Morgan fingerprint density at radius 2 is 2.41 bits per heavy atom. The Balaban J connectivity index is 1.84. The van der Waals surface area contributed by atoms with Crippen molar-refractivity contribution in [2.75, 3.05) is 13.7 Å². The van der Waals surface area contributed by atoms with Gasteiger partial charge in [-0.3, -0.25) is 0 Å². The molecular weight excluding hydrogens is 221 g/mol. The monoisotopic (exact) mass is 239 g/mol. The van der Waals surface area contributed by atoms with E-state index in [9.17, 15) is 4.39 Å². The second-order valence-corrected chi connectivity index (χ2v) is 4.49. The average Bonchev–Trinajstić information content (AvgIpc) is 2.68. The van der Waals surface area contributed by atoms with Crippen LogP contribution in [0.3, 0.4) is 0 Å². The van der Waals surface area contributed by atoms with Crippen molar-refractivity contribution in [2.24, 2.45) is 5.73 Å². The van der Waals surface area contributed by atoms with Crippen LogP contribution >= 0.6 is 0 Å². The second-order valence-electron chi connectivity index (χ2n) is 4.49. The molecule has 1 heterocycles. The van der Waals surface area contributed by atoms with E-state index in [0.717, 1.165) is 30.6 Å². The molecule has 0 saturated carbocycles. The highest BCUT2D eigenvalue weighted by Gasteiger charge is 2.23. The fourth-order valence-electron chi connectivity index (χ4n) is 2.15. The molecule has 1 aliphatic heterocycles. The van der Waals surface area contributed by atoms with E-state index in [-0.39, 0.29) is 18.0 Å². The average molecular weight is 239 g/mol. The molecule has 0 spiro atoms. The molecule has 0 aliphatic carbocycles. The number of benzene rings is 1. The summed E-state index contributed by atoms with van der Waals surface area (Å²) < 4.78 is 23.7. The topological polar surface area (TPSA) is 44.5 Å². The molecule has 0 aromatic heterocycles. The van der Waals surface area contributed by atoms with Crippen LogP contribution in [-0.2, 0) is 11.2 Å². The first-order chi connectivity index (χ1) is 8.19. The fourth-order valence-corrected chi connectivity index (χ4v) is 2.15. The van der Waals surface area contributed by atoms with Crippen LogP contribution in [-0.4, -0.2) is 25.9 Å². The number of fused-ring (bicyclic) bond motifs is 1. The van der Waals surface area contributed by atoms with E-state index < -0.39 is 0 Å². The third-order valence-electron chi connectivity index (χ3n) is 3.00. The van der Waals surface area contributed by atoms with E-state index in [1.54, 1.807) is 19.2 Å². The third-order valence-corrected chi connectivity index (χ3v) is 3.00. The molecular formula is C13H18FNO2. The minimum atomic E-state index is -0.205. The molecule has 94 valence electrons. The Morgan fingerprint density at radius 3 is 3.18 bits per heavy atom. The van der Waals surface area contributed by atoms with Crippen LogP contribution in [0.25, 0.3) is 0 Å². The summed E-state index contributed by atoms with van der Waals surface area (Å²) in [5.74, 6) is 0.598. The van der Waals surface area contributed by atoms with Crippen LogP contribution < -0.4 is 10.5 Å². The number of rotatable bonds is 5. The lowest BCUT2D eigenvalue weighted by Crippen LogP contribution is -2.27. The predicted molar refractivity (Wildman–Crippen MR) is 63.6 cm³/mol. The van der Waals surface area contributed by atoms with Crippen LogP contribution in [0.1, 0.15) is 18.4 Å². The minimum absolute atomic E-state index is 0.0454. The molecule has 2 atom stereocenters. The predicted octanol–water partition coefficient (Wildman–Crippen LogP) is 1.88. The van der Waals surface area contributed by atoms with E-state index >= 15 is 0 Å². The van der Waals surface area contributed by atoms with Crippen LogP contribution in [0.5, 0.6) is 5.75 Å². The number of hydrogen-bond donors (Lipinski definition) is 1. The summed E-state index contributed by atoms with van der Waals surface area (Å²) in [7, 11) is 1.64. The van der Waals surface area contributed by atoms with Crippen molar-refractivity contribution in [2.45, 2.75) is 31.4 Å². The Bertz CT molecular complexity index is 384. The first kappa shape index (κ1) is 12.3. The zero-order chi connectivity index (χ0) is 12.3. The maximum Gasteiger partial charge on any atom is 0.123 e. The van der Waals surface area contributed by atoms with E-state index in [0.29, 0.717) is 6.61 Å². The lowest BCUT2D eigenvalue weighted by Gasteiger charge is -2.14. The van der Waals surface area contributed by atoms with Crippen molar-refractivity contribution in [1.82, 2.24) is 0 Å². The lowest BCUT2D eigenvalue weighted by molar-refractivity contribution is 0.162. The van der Waals surface area contributed by atoms with Gasteiger partial charge >= 0.3 is 0 Å². The SMILES string of the molecule is COCC(N)CCC1Cc2cc(F)ccc2O1. The standard InChI is InChI=1S/C13H18FNO2/c1-16-8-11(15)3-4-12-7-9-6-10(14)2-5-13(9)17-12/h2,5-6,11-12H,3-4,7-8,15H2,1H3. The van der Waals surface area contributed by atoms with E-state index in [1.807, 2.05) is 0 Å². The molecule has 2 unspecified atom stereocenters. The lowest BCUT2D eigenvalue weighted by atomic mass is 10.0. The molecule has 17 heavy (non-hydrogen) atoms. The van der Waals surface area contributed by atoms with Crippen LogP contribution in [0.15, 0.2) is 18.2 Å². The summed E-state index contributed by atoms with van der Waals surface area (Å²) in [6, 6.07) is 4.71. The number of ether oxygens (including phenoxy) is 2. The van der Waals surface area contributed by atoms with Gasteiger partial charge in [0.1, 0.15) is 17.7 Å². The van der Waals surface area contributed by atoms with Gasteiger partial charge in [0.05, 0.1) is 6.61 Å². The third kappa shape index (κ3) is 3.17. The van der Waals surface area contributed by atoms with Gasteiger partial charge in [-0.25, -0.2) is 4.39 Å². The molecule has 2 rings (SSSR count). The molecule has 3 nitrogen and oxygen atoms in total. The van der Waals surface area contributed by atoms with Crippen molar-refractivity contribution in [3.05, 3.63) is 29.6 Å². The first-order valence-corrected chi connectivity index (χ1v) is 5.88. The maximum absolute atomic E-state index is 13.0. The van der Waals surface area contributed by atoms with Gasteiger partial charge in [0.2, 0.25) is 0 Å². The van der Waals surface area contributed by atoms with Crippen molar-refractivity contribution in [1.29, 1.82) is 0 Å². The molecule has 1 aromatic rings. The fraction of sp³-hybridized carbons (Fsp3) is 0.538. The van der Waals surface area contributed by atoms with Crippen LogP contribution in [0, 0.1) is 5.82 Å². The van der Waals surface area contributed by atoms with Crippen LogP contribution in [0.4, 0.5) is 4.39 Å². The molecule has 1 aromatic carbocycles. The number of halogens is 1. The van der Waals surface area contributed by atoms with Gasteiger partial charge in [0, 0.05) is 25.1 Å². The minimum Gasteiger partial charge on any atom is -0.490 e. The quantitative estimate of drug-likeness (QED) is 0.853. The highest BCUT2D eigenvalue weighted by molar-refractivity contribution is 5.37. The largest absolute Gasteiger partial charge is 0.490 e. The van der Waals surface area contributed by atoms with Gasteiger partial charge in [0.25, 0.3) is 0 Å². The Kier molecular flexibility index (Phi) is 3.97. The summed E-state index contributed by atoms with van der Waals surface area (Å²) >= 11 is 0. The van der Waals surface area contributed by atoms with Gasteiger partial charge < -0.3 is 15.2 Å². The van der Waals surface area contributed by atoms with Gasteiger partial charge in [0.15, 0.2) is 0 Å². The van der Waals surface area contributed by atoms with Crippen molar-refractivity contribution in [3.8, 4) is 5.75 Å². The van der Waals surface area contributed by atoms with Crippen LogP contribution in [0.2, 0.25) is 0 Å². The molecule has 2 N–H and O–H groups in total.